The SMILES string of the molecule is CCOC(=O)C(N)CC(=O)C1CCCC1. The minimum atomic E-state index is -0.780. The van der Waals surface area contributed by atoms with Gasteiger partial charge in [-0.2, -0.15) is 0 Å². The van der Waals surface area contributed by atoms with E-state index in [1.165, 1.54) is 0 Å². The number of carbonyl (C=O) groups is 2. The maximum absolute atomic E-state index is 11.7. The molecule has 0 aliphatic heterocycles. The van der Waals surface area contributed by atoms with Crippen molar-refractivity contribution in [2.45, 2.75) is 45.1 Å². The van der Waals surface area contributed by atoms with E-state index in [0.717, 1.165) is 25.7 Å². The van der Waals surface area contributed by atoms with E-state index in [-0.39, 0.29) is 18.1 Å². The summed E-state index contributed by atoms with van der Waals surface area (Å²) in [4.78, 5) is 22.9. The van der Waals surface area contributed by atoms with Gasteiger partial charge in [-0.3, -0.25) is 9.59 Å². The second kappa shape index (κ2) is 5.85. The quantitative estimate of drug-likeness (QED) is 0.692. The average Bonchev–Trinajstić information content (AvgIpc) is 2.70. The number of hydrogen-bond donors (Lipinski definition) is 1. The highest BCUT2D eigenvalue weighted by atomic mass is 16.5. The fraction of sp³-hybridized carbons (Fsp3) is 0.818. The lowest BCUT2D eigenvalue weighted by atomic mass is 9.97. The zero-order valence-electron chi connectivity index (χ0n) is 9.20. The Hall–Kier alpha value is -0.900. The maximum Gasteiger partial charge on any atom is 0.323 e. The van der Waals surface area contributed by atoms with Crippen LogP contribution in [0.5, 0.6) is 0 Å². The lowest BCUT2D eigenvalue weighted by Crippen LogP contribution is -2.35. The van der Waals surface area contributed by atoms with E-state index in [4.69, 9.17) is 10.5 Å². The zero-order valence-corrected chi connectivity index (χ0v) is 9.20. The molecule has 0 amide bonds. The molecule has 15 heavy (non-hydrogen) atoms. The van der Waals surface area contributed by atoms with Gasteiger partial charge in [0.15, 0.2) is 0 Å². The number of carbonyl (C=O) groups excluding carboxylic acids is 2. The number of rotatable bonds is 5. The van der Waals surface area contributed by atoms with E-state index in [1.807, 2.05) is 0 Å². The van der Waals surface area contributed by atoms with E-state index in [1.54, 1.807) is 6.92 Å². The Balaban J connectivity index is 2.33. The van der Waals surface area contributed by atoms with Crippen LogP contribution in [0.3, 0.4) is 0 Å². The van der Waals surface area contributed by atoms with Crippen molar-refractivity contribution >= 4 is 11.8 Å². The van der Waals surface area contributed by atoms with Crippen molar-refractivity contribution in [2.75, 3.05) is 6.61 Å². The third-order valence-electron chi connectivity index (χ3n) is 2.82. The van der Waals surface area contributed by atoms with E-state index >= 15 is 0 Å². The molecule has 0 spiro atoms. The van der Waals surface area contributed by atoms with Crippen molar-refractivity contribution < 1.29 is 14.3 Å². The Morgan fingerprint density at radius 1 is 1.40 bits per heavy atom. The topological polar surface area (TPSA) is 69.4 Å². The molecule has 4 heteroatoms. The van der Waals surface area contributed by atoms with E-state index < -0.39 is 12.0 Å². The van der Waals surface area contributed by atoms with Gasteiger partial charge in [-0.25, -0.2) is 0 Å². The third-order valence-corrected chi connectivity index (χ3v) is 2.82. The summed E-state index contributed by atoms with van der Waals surface area (Å²) in [5.41, 5.74) is 5.58. The Morgan fingerprint density at radius 2 is 2.00 bits per heavy atom. The standard InChI is InChI=1S/C11H19NO3/c1-2-15-11(14)9(12)7-10(13)8-5-3-4-6-8/h8-9H,2-7,12H2,1H3. The molecule has 1 fully saturated rings. The van der Waals surface area contributed by atoms with Crippen molar-refractivity contribution in [3.8, 4) is 0 Å². The molecule has 0 heterocycles. The summed E-state index contributed by atoms with van der Waals surface area (Å²) in [6, 6.07) is -0.780. The Morgan fingerprint density at radius 3 is 2.53 bits per heavy atom. The summed E-state index contributed by atoms with van der Waals surface area (Å²) in [7, 11) is 0. The third kappa shape index (κ3) is 3.63. The minimum Gasteiger partial charge on any atom is -0.465 e. The molecule has 0 aromatic heterocycles. The lowest BCUT2D eigenvalue weighted by molar-refractivity contribution is -0.146. The van der Waals surface area contributed by atoms with Gasteiger partial charge in [0.2, 0.25) is 0 Å². The summed E-state index contributed by atoms with van der Waals surface area (Å²) in [6.07, 6.45) is 4.27. The van der Waals surface area contributed by atoms with Crippen LogP contribution in [0.4, 0.5) is 0 Å². The first-order valence-corrected chi connectivity index (χ1v) is 5.60. The number of ketones is 1. The monoisotopic (exact) mass is 213 g/mol. The first-order valence-electron chi connectivity index (χ1n) is 5.60. The van der Waals surface area contributed by atoms with Crippen LogP contribution in [0.25, 0.3) is 0 Å². The molecular weight excluding hydrogens is 194 g/mol. The number of nitrogens with two attached hydrogens (primary N) is 1. The smallest absolute Gasteiger partial charge is 0.323 e. The van der Waals surface area contributed by atoms with Gasteiger partial charge in [0, 0.05) is 12.3 Å². The highest BCUT2D eigenvalue weighted by molar-refractivity contribution is 5.87. The normalized spacial score (nSPS) is 18.8. The fourth-order valence-electron chi connectivity index (χ4n) is 1.96. The molecule has 1 aliphatic rings. The summed E-state index contributed by atoms with van der Waals surface area (Å²) in [5.74, 6) is -0.220. The highest BCUT2D eigenvalue weighted by Crippen LogP contribution is 2.26. The van der Waals surface area contributed by atoms with Gasteiger partial charge in [0.05, 0.1) is 6.61 Å². The van der Waals surface area contributed by atoms with E-state index in [9.17, 15) is 9.59 Å². The molecule has 0 bridgehead atoms. The second-order valence-electron chi connectivity index (χ2n) is 4.01. The Kier molecular flexibility index (Phi) is 4.75. The number of Topliss-reactive ketones (excluding diaryl/α,β-unsaturated/α-hetero) is 1. The maximum atomic E-state index is 11.7. The molecule has 86 valence electrons. The minimum absolute atomic E-state index is 0.119. The van der Waals surface area contributed by atoms with Crippen molar-refractivity contribution in [1.82, 2.24) is 0 Å². The molecule has 1 atom stereocenters. The predicted octanol–water partition coefficient (Wildman–Crippen LogP) is 1.03. The van der Waals surface area contributed by atoms with Gasteiger partial charge in [-0.15, -0.1) is 0 Å². The Labute approximate surface area is 90.2 Å². The lowest BCUT2D eigenvalue weighted by Gasteiger charge is -2.12. The molecule has 1 unspecified atom stereocenters. The van der Waals surface area contributed by atoms with Crippen molar-refractivity contribution in [3.05, 3.63) is 0 Å². The number of ether oxygens (including phenoxy) is 1. The largest absolute Gasteiger partial charge is 0.465 e. The van der Waals surface area contributed by atoms with E-state index in [2.05, 4.69) is 0 Å². The van der Waals surface area contributed by atoms with Crippen LogP contribution in [-0.4, -0.2) is 24.4 Å². The zero-order chi connectivity index (χ0) is 11.3. The molecule has 1 rings (SSSR count). The predicted molar refractivity (Wildman–Crippen MR) is 56.2 cm³/mol. The summed E-state index contributed by atoms with van der Waals surface area (Å²) in [6.45, 7) is 2.04. The van der Waals surface area contributed by atoms with Crippen LogP contribution >= 0.6 is 0 Å². The van der Waals surface area contributed by atoms with Gasteiger partial charge in [-0.1, -0.05) is 12.8 Å². The van der Waals surface area contributed by atoms with Gasteiger partial charge in [0.25, 0.3) is 0 Å². The molecule has 0 radical (unpaired) electrons. The second-order valence-corrected chi connectivity index (χ2v) is 4.01. The van der Waals surface area contributed by atoms with Gasteiger partial charge in [0.1, 0.15) is 11.8 Å². The van der Waals surface area contributed by atoms with Crippen LogP contribution < -0.4 is 5.73 Å². The first-order chi connectivity index (χ1) is 7.15. The van der Waals surface area contributed by atoms with Crippen molar-refractivity contribution in [1.29, 1.82) is 0 Å². The molecule has 1 saturated carbocycles. The molecule has 4 nitrogen and oxygen atoms in total. The molecular formula is C11H19NO3. The van der Waals surface area contributed by atoms with Crippen LogP contribution in [0.2, 0.25) is 0 Å². The number of esters is 1. The first kappa shape index (κ1) is 12.2. The molecule has 0 aromatic carbocycles. The summed E-state index contributed by atoms with van der Waals surface area (Å²) < 4.78 is 4.75. The van der Waals surface area contributed by atoms with E-state index in [0.29, 0.717) is 6.61 Å². The highest BCUT2D eigenvalue weighted by Gasteiger charge is 2.26. The van der Waals surface area contributed by atoms with Crippen LogP contribution in [0.1, 0.15) is 39.0 Å². The molecule has 2 N–H and O–H groups in total. The van der Waals surface area contributed by atoms with Gasteiger partial charge >= 0.3 is 5.97 Å². The fourth-order valence-corrected chi connectivity index (χ4v) is 1.96. The van der Waals surface area contributed by atoms with Gasteiger partial charge in [-0.05, 0) is 19.8 Å². The molecule has 0 saturated heterocycles. The van der Waals surface area contributed by atoms with Crippen molar-refractivity contribution in [2.24, 2.45) is 11.7 Å². The average molecular weight is 213 g/mol. The number of hydrogen-bond acceptors (Lipinski definition) is 4. The van der Waals surface area contributed by atoms with Crippen LogP contribution in [0, 0.1) is 5.92 Å². The Bertz CT molecular complexity index is 234. The van der Waals surface area contributed by atoms with Crippen molar-refractivity contribution in [3.63, 3.8) is 0 Å². The molecule has 1 aliphatic carbocycles. The summed E-state index contributed by atoms with van der Waals surface area (Å²) in [5, 5.41) is 0. The van der Waals surface area contributed by atoms with Crippen LogP contribution in [-0.2, 0) is 14.3 Å². The summed E-state index contributed by atoms with van der Waals surface area (Å²) >= 11 is 0. The van der Waals surface area contributed by atoms with Crippen LogP contribution in [0.15, 0.2) is 0 Å². The van der Waals surface area contributed by atoms with Gasteiger partial charge < -0.3 is 10.5 Å². The molecule has 0 aromatic rings.